The second kappa shape index (κ2) is 12.2. The van der Waals surface area contributed by atoms with E-state index >= 15 is 0 Å². The van der Waals surface area contributed by atoms with E-state index in [1.807, 2.05) is 85.0 Å². The normalized spacial score (nSPS) is 13.8. The van der Waals surface area contributed by atoms with Crippen LogP contribution in [0.5, 0.6) is 0 Å². The molecular formula is C31H32N8O2. The third-order valence-corrected chi connectivity index (χ3v) is 7.22. The fourth-order valence-electron chi connectivity index (χ4n) is 4.84. The van der Waals surface area contributed by atoms with Crippen molar-refractivity contribution in [3.63, 3.8) is 0 Å². The molecule has 0 unspecified atom stereocenters. The van der Waals surface area contributed by atoms with Crippen LogP contribution in [0.25, 0.3) is 33.8 Å². The van der Waals surface area contributed by atoms with Crippen molar-refractivity contribution in [3.8, 4) is 33.8 Å². The highest BCUT2D eigenvalue weighted by Crippen LogP contribution is 2.22. The molecule has 0 bridgehead atoms. The quantitative estimate of drug-likeness (QED) is 0.298. The van der Waals surface area contributed by atoms with E-state index in [0.29, 0.717) is 12.4 Å². The van der Waals surface area contributed by atoms with Crippen LogP contribution >= 0.6 is 0 Å². The predicted molar refractivity (Wildman–Crippen MR) is 159 cm³/mol. The molecule has 10 heteroatoms. The smallest absolute Gasteiger partial charge is 0.267 e. The van der Waals surface area contributed by atoms with Crippen molar-refractivity contribution in [2.45, 2.75) is 13.1 Å². The largest absolute Gasteiger partial charge is 0.388 e. The van der Waals surface area contributed by atoms with Crippen LogP contribution in [0.15, 0.2) is 90.2 Å². The zero-order valence-electron chi connectivity index (χ0n) is 23.0. The number of hydrogen-bond acceptors (Lipinski definition) is 8. The van der Waals surface area contributed by atoms with Gasteiger partial charge < -0.3 is 10.1 Å². The molecule has 1 N–H and O–H groups in total. The van der Waals surface area contributed by atoms with Gasteiger partial charge in [0.05, 0.1) is 38.2 Å². The minimum absolute atomic E-state index is 0.155. The van der Waals surface area contributed by atoms with Crippen molar-refractivity contribution in [1.29, 1.82) is 0 Å². The summed E-state index contributed by atoms with van der Waals surface area (Å²) in [5.41, 5.74) is 6.27. The Kier molecular flexibility index (Phi) is 7.92. The highest BCUT2D eigenvalue weighted by molar-refractivity contribution is 5.63. The van der Waals surface area contributed by atoms with Crippen molar-refractivity contribution in [1.82, 2.24) is 34.4 Å². The van der Waals surface area contributed by atoms with Gasteiger partial charge in [0.2, 0.25) is 0 Å². The molecule has 1 fully saturated rings. The van der Waals surface area contributed by atoms with E-state index in [-0.39, 0.29) is 5.56 Å². The molecule has 1 aliphatic heterocycles. The number of aromatic nitrogens is 6. The molecule has 0 atom stereocenters. The third kappa shape index (κ3) is 6.40. The standard InChI is InChI=1S/C31H32N8O2/c1-32-28-7-5-24(6-8-28)29-9-10-30(40)39(36-29)21-23-3-2-4-25(17-23)31-33-18-26(19-34-31)27-20-35-38(22-27)12-11-37-13-15-41-16-14-37/h2-10,17-20,22,32H,11-16,21H2,1H3. The van der Waals surface area contributed by atoms with Crippen LogP contribution in [0.3, 0.4) is 0 Å². The van der Waals surface area contributed by atoms with Gasteiger partial charge >= 0.3 is 0 Å². The zero-order valence-corrected chi connectivity index (χ0v) is 23.0. The molecule has 0 amide bonds. The van der Waals surface area contributed by atoms with Crippen molar-refractivity contribution < 1.29 is 4.74 Å². The summed E-state index contributed by atoms with van der Waals surface area (Å²) in [4.78, 5) is 24.3. The van der Waals surface area contributed by atoms with Crippen LogP contribution in [0.1, 0.15) is 5.56 Å². The van der Waals surface area contributed by atoms with E-state index in [0.717, 1.165) is 78.6 Å². The summed E-state index contributed by atoms with van der Waals surface area (Å²) in [6, 6.07) is 19.2. The van der Waals surface area contributed by atoms with Crippen LogP contribution in [-0.4, -0.2) is 74.3 Å². The second-order valence-corrected chi connectivity index (χ2v) is 9.98. The van der Waals surface area contributed by atoms with Gasteiger partial charge in [-0.2, -0.15) is 10.2 Å². The highest BCUT2D eigenvalue weighted by atomic mass is 16.5. The maximum Gasteiger partial charge on any atom is 0.267 e. The number of hydrogen-bond donors (Lipinski definition) is 1. The molecule has 0 aliphatic carbocycles. The number of morpholine rings is 1. The molecule has 41 heavy (non-hydrogen) atoms. The molecule has 0 radical (unpaired) electrons. The molecule has 3 aromatic heterocycles. The van der Waals surface area contributed by atoms with Crippen LogP contribution in [-0.2, 0) is 17.8 Å². The SMILES string of the molecule is CNc1ccc(-c2ccc(=O)n(Cc3cccc(-c4ncc(-c5cnn(CCN6CCOCC6)c5)cn4)c3)n2)cc1. The van der Waals surface area contributed by atoms with E-state index in [2.05, 4.69) is 30.4 Å². The first kappa shape index (κ1) is 26.5. The Bertz CT molecular complexity index is 1660. The maximum atomic E-state index is 12.6. The van der Waals surface area contributed by atoms with E-state index < -0.39 is 0 Å². The first-order valence-electron chi connectivity index (χ1n) is 13.8. The number of anilines is 1. The van der Waals surface area contributed by atoms with Gasteiger partial charge in [0, 0.05) is 79.3 Å². The van der Waals surface area contributed by atoms with Gasteiger partial charge in [0.25, 0.3) is 5.56 Å². The molecular weight excluding hydrogens is 516 g/mol. The van der Waals surface area contributed by atoms with Crippen molar-refractivity contribution in [2.24, 2.45) is 0 Å². The Morgan fingerprint density at radius 3 is 2.44 bits per heavy atom. The summed E-state index contributed by atoms with van der Waals surface area (Å²) >= 11 is 0. The summed E-state index contributed by atoms with van der Waals surface area (Å²) < 4.78 is 8.87. The van der Waals surface area contributed by atoms with Crippen molar-refractivity contribution in [2.75, 3.05) is 45.2 Å². The number of ether oxygens (including phenoxy) is 1. The lowest BCUT2D eigenvalue weighted by molar-refractivity contribution is 0.0360. The molecule has 1 saturated heterocycles. The highest BCUT2D eigenvalue weighted by Gasteiger charge is 2.12. The first-order valence-corrected chi connectivity index (χ1v) is 13.8. The molecule has 208 valence electrons. The van der Waals surface area contributed by atoms with E-state index in [1.165, 1.54) is 4.68 Å². The summed E-state index contributed by atoms with van der Waals surface area (Å²) in [6.45, 7) is 5.65. The second-order valence-electron chi connectivity index (χ2n) is 9.98. The monoisotopic (exact) mass is 548 g/mol. The lowest BCUT2D eigenvalue weighted by atomic mass is 10.1. The predicted octanol–water partition coefficient (Wildman–Crippen LogP) is 3.65. The summed E-state index contributed by atoms with van der Waals surface area (Å²) in [6.07, 6.45) is 7.54. The minimum Gasteiger partial charge on any atom is -0.388 e. The van der Waals surface area contributed by atoms with E-state index in [1.54, 1.807) is 12.1 Å². The van der Waals surface area contributed by atoms with Crippen molar-refractivity contribution >= 4 is 5.69 Å². The topological polar surface area (TPSA) is 103 Å². The Morgan fingerprint density at radius 2 is 1.66 bits per heavy atom. The summed E-state index contributed by atoms with van der Waals surface area (Å²) in [5.74, 6) is 0.619. The average molecular weight is 549 g/mol. The molecule has 6 rings (SSSR count). The van der Waals surface area contributed by atoms with Crippen molar-refractivity contribution in [3.05, 3.63) is 101 Å². The van der Waals surface area contributed by atoms with Gasteiger partial charge in [-0.05, 0) is 29.8 Å². The number of benzene rings is 2. The van der Waals surface area contributed by atoms with Gasteiger partial charge in [-0.25, -0.2) is 14.6 Å². The Hall–Kier alpha value is -4.67. The molecule has 0 saturated carbocycles. The van der Waals surface area contributed by atoms with Crippen LogP contribution in [0.2, 0.25) is 0 Å². The summed E-state index contributed by atoms with van der Waals surface area (Å²) in [7, 11) is 1.88. The van der Waals surface area contributed by atoms with Gasteiger partial charge in [-0.15, -0.1) is 0 Å². The van der Waals surface area contributed by atoms with Gasteiger partial charge in [0.15, 0.2) is 5.82 Å². The maximum absolute atomic E-state index is 12.6. The Labute approximate surface area is 238 Å². The Morgan fingerprint density at radius 1 is 0.854 bits per heavy atom. The van der Waals surface area contributed by atoms with Gasteiger partial charge in [0.1, 0.15) is 0 Å². The number of rotatable bonds is 9. The molecule has 0 spiro atoms. The van der Waals surface area contributed by atoms with Gasteiger partial charge in [-0.1, -0.05) is 30.3 Å². The Balaban J connectivity index is 1.14. The third-order valence-electron chi connectivity index (χ3n) is 7.22. The molecule has 2 aromatic carbocycles. The molecule has 4 heterocycles. The average Bonchev–Trinajstić information content (AvgIpc) is 3.51. The zero-order chi connectivity index (χ0) is 28.0. The van der Waals surface area contributed by atoms with Crippen LogP contribution < -0.4 is 10.9 Å². The first-order chi connectivity index (χ1) is 20.1. The number of nitrogens with one attached hydrogen (secondary N) is 1. The molecule has 5 aromatic rings. The minimum atomic E-state index is -0.155. The van der Waals surface area contributed by atoms with E-state index in [4.69, 9.17) is 4.74 Å². The lowest BCUT2D eigenvalue weighted by Gasteiger charge is -2.26. The van der Waals surface area contributed by atoms with E-state index in [9.17, 15) is 4.79 Å². The van der Waals surface area contributed by atoms with Gasteiger partial charge in [-0.3, -0.25) is 14.4 Å². The fourth-order valence-corrected chi connectivity index (χ4v) is 4.84. The van der Waals surface area contributed by atoms with Crippen LogP contribution in [0, 0.1) is 0 Å². The lowest BCUT2D eigenvalue weighted by Crippen LogP contribution is -2.38. The summed E-state index contributed by atoms with van der Waals surface area (Å²) in [5, 5.41) is 12.2. The van der Waals surface area contributed by atoms with Crippen LogP contribution in [0.4, 0.5) is 5.69 Å². The molecule has 1 aliphatic rings. The number of nitrogens with zero attached hydrogens (tertiary/aromatic N) is 7. The molecule has 10 nitrogen and oxygen atoms in total. The fraction of sp³-hybridized carbons (Fsp3) is 0.258.